The second-order valence-electron chi connectivity index (χ2n) is 9.55. The maximum atomic E-state index is 13.1. The number of nitrogens with zero attached hydrogens (tertiary/aromatic N) is 2. The Morgan fingerprint density at radius 3 is 2.66 bits per heavy atom. The fourth-order valence-corrected chi connectivity index (χ4v) is 4.73. The lowest BCUT2D eigenvalue weighted by Gasteiger charge is -2.17. The highest BCUT2D eigenvalue weighted by atomic mass is 16.5. The van der Waals surface area contributed by atoms with Gasteiger partial charge in [-0.2, -0.15) is 0 Å². The summed E-state index contributed by atoms with van der Waals surface area (Å²) in [6.45, 7) is 7.65. The first-order valence-corrected chi connectivity index (χ1v) is 12.2. The van der Waals surface area contributed by atoms with Crippen molar-refractivity contribution in [2.45, 2.75) is 58.7 Å². The molecule has 186 valence electrons. The minimum atomic E-state index is -0.535. The van der Waals surface area contributed by atoms with Crippen LogP contribution in [-0.4, -0.2) is 47.3 Å². The van der Waals surface area contributed by atoms with E-state index in [-0.39, 0.29) is 23.7 Å². The number of anilines is 2. The van der Waals surface area contributed by atoms with Gasteiger partial charge in [0.2, 0.25) is 0 Å². The fourth-order valence-electron chi connectivity index (χ4n) is 4.73. The molecule has 3 heterocycles. The molecule has 2 atom stereocenters. The van der Waals surface area contributed by atoms with Gasteiger partial charge in [0.1, 0.15) is 5.65 Å². The van der Waals surface area contributed by atoms with E-state index in [1.54, 1.807) is 30.5 Å². The maximum absolute atomic E-state index is 13.1. The number of rotatable bonds is 9. The van der Waals surface area contributed by atoms with Crippen molar-refractivity contribution in [2.75, 3.05) is 24.4 Å². The van der Waals surface area contributed by atoms with E-state index in [0.717, 1.165) is 24.9 Å². The smallest absolute Gasteiger partial charge is 0.356 e. The van der Waals surface area contributed by atoms with E-state index in [0.29, 0.717) is 41.4 Å². The normalized spacial score (nSPS) is 16.4. The molecule has 0 radical (unpaired) electrons. The minimum Gasteiger partial charge on any atom is -0.464 e. The number of benzene rings is 1. The van der Waals surface area contributed by atoms with Crippen LogP contribution in [0.2, 0.25) is 0 Å². The second kappa shape index (κ2) is 10.9. The molecule has 0 saturated carbocycles. The van der Waals surface area contributed by atoms with Crippen LogP contribution in [0.3, 0.4) is 0 Å². The number of pyridine rings is 1. The van der Waals surface area contributed by atoms with Gasteiger partial charge in [0.05, 0.1) is 37.3 Å². The van der Waals surface area contributed by atoms with Gasteiger partial charge in [-0.25, -0.2) is 9.78 Å². The number of aromatic nitrogens is 2. The molecule has 1 fully saturated rings. The van der Waals surface area contributed by atoms with Crippen LogP contribution >= 0.6 is 0 Å². The molecular formula is C27H34N4O4. The largest absolute Gasteiger partial charge is 0.464 e. The molecule has 4 rings (SSSR count). The number of carbonyl (C=O) groups excluding carboxylic acids is 2. The van der Waals surface area contributed by atoms with Crippen molar-refractivity contribution in [1.82, 2.24) is 9.55 Å². The van der Waals surface area contributed by atoms with Gasteiger partial charge in [-0.15, -0.1) is 0 Å². The van der Waals surface area contributed by atoms with Crippen molar-refractivity contribution < 1.29 is 19.1 Å². The molecule has 1 aliphatic heterocycles. The number of amides is 1. The molecule has 1 saturated heterocycles. The van der Waals surface area contributed by atoms with Crippen LogP contribution in [0.4, 0.5) is 11.4 Å². The predicted octanol–water partition coefficient (Wildman–Crippen LogP) is 5.10. The van der Waals surface area contributed by atoms with Crippen LogP contribution in [-0.2, 0) is 16.0 Å². The Kier molecular flexibility index (Phi) is 7.70. The Balaban J connectivity index is 1.81. The molecule has 2 N–H and O–H groups in total. The van der Waals surface area contributed by atoms with Crippen LogP contribution in [0.5, 0.6) is 0 Å². The van der Waals surface area contributed by atoms with E-state index in [1.165, 1.54) is 7.11 Å². The van der Waals surface area contributed by atoms with Crippen molar-refractivity contribution >= 4 is 34.3 Å². The lowest BCUT2D eigenvalue weighted by molar-refractivity contribution is 0.0580. The van der Waals surface area contributed by atoms with Crippen LogP contribution in [0.25, 0.3) is 11.0 Å². The SMILES string of the molecule is COC(=O)c1c(NC(=O)c2ccccc2)c2cc(NC(C)CC(C)C)cnc2n1CC1CCCO1. The van der Waals surface area contributed by atoms with Gasteiger partial charge in [0.25, 0.3) is 5.91 Å². The zero-order valence-corrected chi connectivity index (χ0v) is 20.8. The molecular weight excluding hydrogens is 444 g/mol. The van der Waals surface area contributed by atoms with Crippen molar-refractivity contribution in [3.05, 3.63) is 53.9 Å². The summed E-state index contributed by atoms with van der Waals surface area (Å²) in [5.41, 5.74) is 2.59. The highest BCUT2D eigenvalue weighted by Crippen LogP contribution is 2.34. The summed E-state index contributed by atoms with van der Waals surface area (Å²) in [5, 5.41) is 7.15. The first-order valence-electron chi connectivity index (χ1n) is 12.2. The Bertz CT molecular complexity index is 1180. The summed E-state index contributed by atoms with van der Waals surface area (Å²) in [5.74, 6) is -0.293. The Labute approximate surface area is 206 Å². The molecule has 2 aromatic heterocycles. The topological polar surface area (TPSA) is 94.5 Å². The highest BCUT2D eigenvalue weighted by molar-refractivity contribution is 6.14. The third kappa shape index (κ3) is 5.65. The first-order chi connectivity index (χ1) is 16.9. The molecule has 2 unspecified atom stereocenters. The molecule has 1 aliphatic rings. The summed E-state index contributed by atoms with van der Waals surface area (Å²) < 4.78 is 12.8. The number of hydrogen-bond acceptors (Lipinski definition) is 6. The minimum absolute atomic E-state index is 0.0302. The molecule has 8 nitrogen and oxygen atoms in total. The number of esters is 1. The van der Waals surface area contributed by atoms with E-state index >= 15 is 0 Å². The van der Waals surface area contributed by atoms with Gasteiger partial charge in [0.15, 0.2) is 5.69 Å². The molecule has 35 heavy (non-hydrogen) atoms. The van der Waals surface area contributed by atoms with Gasteiger partial charge in [-0.05, 0) is 50.3 Å². The Morgan fingerprint density at radius 2 is 2.00 bits per heavy atom. The third-order valence-electron chi connectivity index (χ3n) is 6.20. The molecule has 8 heteroatoms. The predicted molar refractivity (Wildman–Crippen MR) is 137 cm³/mol. The molecule has 0 aliphatic carbocycles. The lowest BCUT2D eigenvalue weighted by atomic mass is 10.1. The standard InChI is InChI=1S/C27H34N4O4/c1-17(2)13-18(3)29-20-14-22-23(30-26(32)19-9-6-5-7-10-19)24(27(33)34-4)31(25(22)28-15-20)16-21-11-8-12-35-21/h5-7,9-10,14-15,17-18,21,29H,8,11-13,16H2,1-4H3,(H,30,32). The number of carbonyl (C=O) groups is 2. The van der Waals surface area contributed by atoms with Gasteiger partial charge >= 0.3 is 5.97 Å². The maximum Gasteiger partial charge on any atom is 0.356 e. The third-order valence-corrected chi connectivity index (χ3v) is 6.20. The number of ether oxygens (including phenoxy) is 2. The van der Waals surface area contributed by atoms with Crippen molar-refractivity contribution in [3.8, 4) is 0 Å². The highest BCUT2D eigenvalue weighted by Gasteiger charge is 2.29. The van der Waals surface area contributed by atoms with Crippen LogP contribution < -0.4 is 10.6 Å². The van der Waals surface area contributed by atoms with Crippen molar-refractivity contribution in [3.63, 3.8) is 0 Å². The van der Waals surface area contributed by atoms with Crippen molar-refractivity contribution in [2.24, 2.45) is 5.92 Å². The van der Waals surface area contributed by atoms with E-state index < -0.39 is 5.97 Å². The van der Waals surface area contributed by atoms with Crippen molar-refractivity contribution in [1.29, 1.82) is 0 Å². The van der Waals surface area contributed by atoms with Gasteiger partial charge in [-0.1, -0.05) is 32.0 Å². The zero-order valence-electron chi connectivity index (χ0n) is 20.8. The molecule has 0 spiro atoms. The first kappa shape index (κ1) is 24.7. The summed E-state index contributed by atoms with van der Waals surface area (Å²) in [6.07, 6.45) is 4.62. The van der Waals surface area contributed by atoms with Crippen LogP contribution in [0, 0.1) is 5.92 Å². The van der Waals surface area contributed by atoms with E-state index in [1.807, 2.05) is 16.7 Å². The van der Waals surface area contributed by atoms with Gasteiger partial charge < -0.3 is 24.7 Å². The number of methoxy groups -OCH3 is 1. The number of nitrogens with one attached hydrogen (secondary N) is 2. The molecule has 1 amide bonds. The Morgan fingerprint density at radius 1 is 1.23 bits per heavy atom. The number of hydrogen-bond donors (Lipinski definition) is 2. The summed E-state index contributed by atoms with van der Waals surface area (Å²) in [4.78, 5) is 30.9. The molecule has 1 aromatic carbocycles. The quantitative estimate of drug-likeness (QED) is 0.416. The second-order valence-corrected chi connectivity index (χ2v) is 9.55. The van der Waals surface area contributed by atoms with Crippen LogP contribution in [0.1, 0.15) is 60.9 Å². The molecule has 0 bridgehead atoms. The van der Waals surface area contributed by atoms with E-state index in [2.05, 4.69) is 31.4 Å². The average molecular weight is 479 g/mol. The average Bonchev–Trinajstić information content (AvgIpc) is 3.45. The number of fused-ring (bicyclic) bond motifs is 1. The zero-order chi connectivity index (χ0) is 24.9. The van der Waals surface area contributed by atoms with Gasteiger partial charge in [0, 0.05) is 23.6 Å². The van der Waals surface area contributed by atoms with E-state index in [9.17, 15) is 9.59 Å². The summed E-state index contributed by atoms with van der Waals surface area (Å²) in [6, 6.07) is 11.1. The van der Waals surface area contributed by atoms with Crippen LogP contribution in [0.15, 0.2) is 42.6 Å². The summed E-state index contributed by atoms with van der Waals surface area (Å²) >= 11 is 0. The van der Waals surface area contributed by atoms with E-state index in [4.69, 9.17) is 14.5 Å². The van der Waals surface area contributed by atoms with Gasteiger partial charge in [-0.3, -0.25) is 4.79 Å². The summed E-state index contributed by atoms with van der Waals surface area (Å²) in [7, 11) is 1.34. The monoisotopic (exact) mass is 478 g/mol. The lowest BCUT2D eigenvalue weighted by Crippen LogP contribution is -2.21. The fraction of sp³-hybridized carbons (Fsp3) is 0.444. The molecule has 3 aromatic rings. The Hall–Kier alpha value is -3.39.